The molecule has 0 spiro atoms. The van der Waals surface area contributed by atoms with Crippen molar-refractivity contribution in [3.8, 4) is 0 Å². The lowest BCUT2D eigenvalue weighted by molar-refractivity contribution is -0.683. The first-order valence-electron chi connectivity index (χ1n) is 4.98. The minimum absolute atomic E-state index is 0. The fourth-order valence-electron chi connectivity index (χ4n) is 1.46. The van der Waals surface area contributed by atoms with Crippen molar-refractivity contribution in [2.45, 2.75) is 6.54 Å². The van der Waals surface area contributed by atoms with Crippen LogP contribution in [0.5, 0.6) is 0 Å². The van der Waals surface area contributed by atoms with Crippen molar-refractivity contribution < 1.29 is 26.3 Å². The summed E-state index contributed by atoms with van der Waals surface area (Å²) < 4.78 is 2.96. The molecule has 0 saturated carbocycles. The van der Waals surface area contributed by atoms with E-state index in [2.05, 4.69) is 22.6 Å². The average Bonchev–Trinajstić information content (AvgIpc) is 2.30. The summed E-state index contributed by atoms with van der Waals surface area (Å²) in [5.41, 5.74) is 0.767. The van der Waals surface area contributed by atoms with E-state index in [1.165, 1.54) is 0 Å². The molecule has 2 nitrogen and oxygen atoms in total. The maximum atomic E-state index is 11.9. The highest BCUT2D eigenvalue weighted by Gasteiger charge is 2.11. The van der Waals surface area contributed by atoms with Gasteiger partial charge in [-0.25, -0.2) is 0 Å². The van der Waals surface area contributed by atoms with Crippen LogP contribution in [0.25, 0.3) is 0 Å². The summed E-state index contributed by atoms with van der Waals surface area (Å²) in [6.07, 6.45) is 3.79. The Morgan fingerprint density at radius 3 is 2.47 bits per heavy atom. The largest absolute Gasteiger partial charge is 1.00 e. The zero-order chi connectivity index (χ0) is 11.4. The first-order chi connectivity index (χ1) is 7.75. The van der Waals surface area contributed by atoms with Gasteiger partial charge in [0.25, 0.3) is 0 Å². The second-order valence-electron chi connectivity index (χ2n) is 3.48. The monoisotopic (exact) mass is 403 g/mol. The number of halogens is 2. The Balaban J connectivity index is 0.00000144. The third kappa shape index (κ3) is 4.20. The SMILES string of the molecule is O=C(C[n+]1ccccc1)c1cccc(I)c1.[Br-]. The molecule has 1 aromatic carbocycles. The van der Waals surface area contributed by atoms with E-state index in [9.17, 15) is 4.79 Å². The predicted octanol–water partition coefficient (Wildman–Crippen LogP) is -0.534. The van der Waals surface area contributed by atoms with Crippen molar-refractivity contribution in [1.82, 2.24) is 0 Å². The first kappa shape index (κ1) is 14.3. The molecule has 17 heavy (non-hydrogen) atoms. The Bertz CT molecular complexity index is 502. The summed E-state index contributed by atoms with van der Waals surface area (Å²) in [4.78, 5) is 11.9. The third-order valence-corrected chi connectivity index (χ3v) is 2.92. The van der Waals surface area contributed by atoms with Gasteiger partial charge in [0, 0.05) is 21.3 Å². The van der Waals surface area contributed by atoms with E-state index in [0.29, 0.717) is 6.54 Å². The number of carbonyl (C=O) groups is 1. The molecule has 0 aliphatic carbocycles. The molecule has 0 aliphatic rings. The number of rotatable bonds is 3. The van der Waals surface area contributed by atoms with Gasteiger partial charge < -0.3 is 17.0 Å². The molecule has 0 radical (unpaired) electrons. The van der Waals surface area contributed by atoms with E-state index in [1.54, 1.807) is 0 Å². The Morgan fingerprint density at radius 1 is 1.12 bits per heavy atom. The molecular weight excluding hydrogens is 393 g/mol. The van der Waals surface area contributed by atoms with Gasteiger partial charge in [0.05, 0.1) is 0 Å². The maximum Gasteiger partial charge on any atom is 0.227 e. The van der Waals surface area contributed by atoms with Gasteiger partial charge in [-0.2, -0.15) is 4.57 Å². The number of nitrogens with zero attached hydrogens (tertiary/aromatic N) is 1. The standard InChI is InChI=1S/C13H11INO.BrH/c14-12-6-4-5-11(9-12)13(16)10-15-7-2-1-3-8-15;/h1-9H,10H2;1H/q+1;/p-1. The molecule has 0 N–H and O–H groups in total. The van der Waals surface area contributed by atoms with Crippen LogP contribution in [0, 0.1) is 3.57 Å². The molecule has 1 aromatic heterocycles. The molecule has 1 heterocycles. The van der Waals surface area contributed by atoms with Gasteiger partial charge in [-0.15, -0.1) is 0 Å². The van der Waals surface area contributed by atoms with Crippen molar-refractivity contribution in [1.29, 1.82) is 0 Å². The van der Waals surface area contributed by atoms with E-state index in [-0.39, 0.29) is 22.8 Å². The minimum Gasteiger partial charge on any atom is -1.00 e. The van der Waals surface area contributed by atoms with Crippen LogP contribution >= 0.6 is 22.6 Å². The molecule has 0 unspecified atom stereocenters. The fourth-order valence-corrected chi connectivity index (χ4v) is 2.00. The van der Waals surface area contributed by atoms with Crippen LogP contribution in [0.4, 0.5) is 0 Å². The number of hydrogen-bond acceptors (Lipinski definition) is 1. The molecular formula is C13H11BrINO. The second-order valence-corrected chi connectivity index (χ2v) is 4.73. The van der Waals surface area contributed by atoms with Gasteiger partial charge in [-0.1, -0.05) is 18.2 Å². The molecule has 0 aliphatic heterocycles. The van der Waals surface area contributed by atoms with Gasteiger partial charge in [0.15, 0.2) is 12.4 Å². The molecule has 0 bridgehead atoms. The Morgan fingerprint density at radius 2 is 1.82 bits per heavy atom. The normalized spacial score (nSPS) is 9.47. The summed E-state index contributed by atoms with van der Waals surface area (Å²) >= 11 is 2.21. The Kier molecular flexibility index (Phi) is 5.77. The van der Waals surface area contributed by atoms with Crippen LogP contribution < -0.4 is 21.5 Å². The summed E-state index contributed by atoms with van der Waals surface area (Å²) in [5.74, 6) is 0.134. The van der Waals surface area contributed by atoms with Crippen LogP contribution in [-0.4, -0.2) is 5.78 Å². The van der Waals surface area contributed by atoms with Gasteiger partial charge >= 0.3 is 0 Å². The first-order valence-corrected chi connectivity index (χ1v) is 6.06. The lowest BCUT2D eigenvalue weighted by atomic mass is 10.1. The fraction of sp³-hybridized carbons (Fsp3) is 0.0769. The molecule has 0 saturated heterocycles. The number of pyridine rings is 1. The Labute approximate surface area is 125 Å². The topological polar surface area (TPSA) is 20.9 Å². The van der Waals surface area contributed by atoms with Crippen molar-refractivity contribution in [2.24, 2.45) is 0 Å². The smallest absolute Gasteiger partial charge is 0.227 e. The van der Waals surface area contributed by atoms with Crippen LogP contribution in [0.2, 0.25) is 0 Å². The number of aromatic nitrogens is 1. The van der Waals surface area contributed by atoms with Crippen LogP contribution in [-0.2, 0) is 6.54 Å². The van der Waals surface area contributed by atoms with Gasteiger partial charge in [0.2, 0.25) is 12.3 Å². The van der Waals surface area contributed by atoms with Crippen molar-refractivity contribution in [3.63, 3.8) is 0 Å². The van der Waals surface area contributed by atoms with Gasteiger partial charge in [-0.05, 0) is 34.7 Å². The summed E-state index contributed by atoms with van der Waals surface area (Å²) in [6, 6.07) is 13.4. The van der Waals surface area contributed by atoms with Gasteiger partial charge in [-0.3, -0.25) is 4.79 Å². The molecule has 88 valence electrons. The van der Waals surface area contributed by atoms with Crippen LogP contribution in [0.3, 0.4) is 0 Å². The van der Waals surface area contributed by atoms with Crippen LogP contribution in [0.15, 0.2) is 54.9 Å². The lowest BCUT2D eigenvalue weighted by Gasteiger charge is -1.98. The summed E-state index contributed by atoms with van der Waals surface area (Å²) in [6.45, 7) is 0.390. The van der Waals surface area contributed by atoms with Crippen molar-refractivity contribution >= 4 is 28.4 Å². The number of benzene rings is 1. The van der Waals surface area contributed by atoms with E-state index in [4.69, 9.17) is 0 Å². The number of hydrogen-bond donors (Lipinski definition) is 0. The predicted molar refractivity (Wildman–Crippen MR) is 70.1 cm³/mol. The average molecular weight is 404 g/mol. The molecule has 0 amide bonds. The third-order valence-electron chi connectivity index (χ3n) is 2.25. The zero-order valence-corrected chi connectivity index (χ0v) is 12.8. The Hall–Kier alpha value is -0.750. The van der Waals surface area contributed by atoms with Crippen LogP contribution in [0.1, 0.15) is 10.4 Å². The second kappa shape index (κ2) is 6.86. The van der Waals surface area contributed by atoms with E-state index < -0.39 is 0 Å². The number of Topliss-reactive ketones (excluding diaryl/α,β-unsaturated/α-hetero) is 1. The van der Waals surface area contributed by atoms with Crippen molar-refractivity contribution in [2.75, 3.05) is 0 Å². The quantitative estimate of drug-likeness (QED) is 0.383. The highest BCUT2D eigenvalue weighted by molar-refractivity contribution is 14.1. The summed E-state index contributed by atoms with van der Waals surface area (Å²) in [7, 11) is 0. The van der Waals surface area contributed by atoms with Gasteiger partial charge in [0.1, 0.15) is 0 Å². The van der Waals surface area contributed by atoms with E-state index >= 15 is 0 Å². The highest BCUT2D eigenvalue weighted by Crippen LogP contribution is 2.08. The molecule has 0 fully saturated rings. The molecule has 2 aromatic rings. The zero-order valence-electron chi connectivity index (χ0n) is 9.01. The molecule has 4 heteroatoms. The maximum absolute atomic E-state index is 11.9. The van der Waals surface area contributed by atoms with Crippen molar-refractivity contribution in [3.05, 3.63) is 64.0 Å². The lowest BCUT2D eigenvalue weighted by Crippen LogP contribution is -3.00. The highest BCUT2D eigenvalue weighted by atomic mass is 127. The van der Waals surface area contributed by atoms with E-state index in [0.717, 1.165) is 9.13 Å². The summed E-state index contributed by atoms with van der Waals surface area (Å²) in [5, 5.41) is 0. The minimum atomic E-state index is 0. The molecule has 0 atom stereocenters. The molecule has 2 rings (SSSR count). The van der Waals surface area contributed by atoms with E-state index in [1.807, 2.05) is 59.4 Å². The number of ketones is 1. The number of carbonyl (C=O) groups excluding carboxylic acids is 1.